The second kappa shape index (κ2) is 1.76. The molecule has 1 aliphatic heterocycles. The summed E-state index contributed by atoms with van der Waals surface area (Å²) in [6.45, 7) is 0.937. The number of ether oxygens (including phenoxy) is 1. The van der Waals surface area contributed by atoms with Gasteiger partial charge < -0.3 is 4.74 Å². The summed E-state index contributed by atoms with van der Waals surface area (Å²) in [5.74, 6) is 5.92. The Labute approximate surface area is 40.2 Å². The van der Waals surface area contributed by atoms with Gasteiger partial charge in [-0.1, -0.05) is 5.87 Å². The second-order valence-corrected chi connectivity index (χ2v) is 3.21. The van der Waals surface area contributed by atoms with Crippen LogP contribution in [0.15, 0.2) is 0 Å². The molecule has 1 fully saturated rings. The van der Waals surface area contributed by atoms with E-state index in [4.69, 9.17) is 4.74 Å². The minimum absolute atomic E-state index is 0.355. The molecule has 1 saturated heterocycles. The van der Waals surface area contributed by atoms with Gasteiger partial charge in [-0.05, 0) is 0 Å². The fourth-order valence-electron chi connectivity index (χ4n) is 0.412. The van der Waals surface area contributed by atoms with Gasteiger partial charge in [0.25, 0.3) is 0 Å². The van der Waals surface area contributed by atoms with Crippen LogP contribution in [0.25, 0.3) is 0 Å². The summed E-state index contributed by atoms with van der Waals surface area (Å²) in [4.78, 5) is 0. The van der Waals surface area contributed by atoms with Gasteiger partial charge in [0.15, 0.2) is 0 Å². The molecule has 0 N–H and O–H groups in total. The van der Waals surface area contributed by atoms with E-state index >= 15 is 0 Å². The van der Waals surface area contributed by atoms with E-state index in [1.54, 1.807) is 0 Å². The van der Waals surface area contributed by atoms with Crippen molar-refractivity contribution in [1.29, 1.82) is 0 Å². The molecule has 1 nitrogen and oxygen atoms in total. The lowest BCUT2D eigenvalue weighted by Crippen LogP contribution is -1.78. The lowest BCUT2D eigenvalue weighted by atomic mass is 10.9. The molecule has 1 rings (SSSR count). The summed E-state index contributed by atoms with van der Waals surface area (Å²) in [6, 6.07) is 0. The largest absolute Gasteiger partial charge is 0.370 e. The fraction of sp³-hybridized carbons (Fsp3) is 0.750. The van der Waals surface area contributed by atoms with Crippen molar-refractivity contribution in [3.8, 4) is 0 Å². The molecule has 0 spiro atoms. The van der Waals surface area contributed by atoms with Crippen LogP contribution in [0.4, 0.5) is 0 Å². The molecule has 1 heterocycles. The summed E-state index contributed by atoms with van der Waals surface area (Å²) in [6.07, 6.45) is 0. The van der Waals surface area contributed by atoms with Gasteiger partial charge in [0, 0.05) is 5.75 Å². The van der Waals surface area contributed by atoms with E-state index in [0.717, 1.165) is 12.5 Å². The zero-order chi connectivity index (χ0) is 4.41. The Bertz CT molecular complexity index is 61.9. The Balaban J connectivity index is 2.37. The first-order valence-corrected chi connectivity index (χ1v) is 3.68. The fourth-order valence-corrected chi connectivity index (χ4v) is 1.24. The molecule has 6 heavy (non-hydrogen) atoms. The molecule has 0 saturated carbocycles. The molecule has 0 aromatic carbocycles. The lowest BCUT2D eigenvalue weighted by molar-refractivity contribution is 0.217. The topological polar surface area (TPSA) is 9.23 Å². The molecular formula is C4H8OS. The van der Waals surface area contributed by atoms with E-state index in [1.807, 2.05) is 0 Å². The van der Waals surface area contributed by atoms with Crippen molar-refractivity contribution in [3.05, 3.63) is 0 Å². The molecule has 0 aromatic rings. The Kier molecular flexibility index (Phi) is 1.27. The van der Waals surface area contributed by atoms with Crippen LogP contribution in [0.3, 0.4) is 0 Å². The smallest absolute Gasteiger partial charge is 0.0869 e. The van der Waals surface area contributed by atoms with Crippen LogP contribution >= 0.6 is 10.5 Å². The van der Waals surface area contributed by atoms with Gasteiger partial charge in [-0.15, -0.1) is 0 Å². The molecule has 1 aliphatic rings. The van der Waals surface area contributed by atoms with E-state index in [9.17, 15) is 0 Å². The zero-order valence-corrected chi connectivity index (χ0v) is 4.46. The van der Waals surface area contributed by atoms with Crippen molar-refractivity contribution in [2.24, 2.45) is 0 Å². The van der Waals surface area contributed by atoms with Gasteiger partial charge >= 0.3 is 0 Å². The van der Waals surface area contributed by atoms with Crippen molar-refractivity contribution in [2.45, 2.75) is 0 Å². The van der Waals surface area contributed by atoms with Crippen LogP contribution in [0, 0.1) is 0 Å². The van der Waals surface area contributed by atoms with E-state index in [-0.39, 0.29) is 0 Å². The van der Waals surface area contributed by atoms with Crippen molar-refractivity contribution in [3.63, 3.8) is 0 Å². The van der Waals surface area contributed by atoms with Gasteiger partial charge in [-0.25, -0.2) is 0 Å². The van der Waals surface area contributed by atoms with Gasteiger partial charge in [0.05, 0.1) is 12.5 Å². The highest BCUT2D eigenvalue weighted by atomic mass is 32.2. The van der Waals surface area contributed by atoms with Crippen LogP contribution in [-0.4, -0.2) is 24.2 Å². The summed E-state index contributed by atoms with van der Waals surface area (Å²) in [5, 5.41) is 0. The molecule has 0 aliphatic carbocycles. The van der Waals surface area contributed by atoms with Gasteiger partial charge in [0.1, 0.15) is 0 Å². The Hall–Kier alpha value is 0.180. The number of hydrogen-bond acceptors (Lipinski definition) is 1. The van der Waals surface area contributed by atoms with E-state index < -0.39 is 0 Å². The van der Waals surface area contributed by atoms with Crippen molar-refractivity contribution in [1.82, 2.24) is 0 Å². The predicted octanol–water partition coefficient (Wildman–Crippen LogP) is 0.675. The average Bonchev–Trinajstić information content (AvgIpc) is 1.86. The van der Waals surface area contributed by atoms with E-state index in [1.165, 1.54) is 5.75 Å². The van der Waals surface area contributed by atoms with Crippen LogP contribution in [0.2, 0.25) is 0 Å². The summed E-state index contributed by atoms with van der Waals surface area (Å²) in [5.41, 5.74) is 0. The molecule has 1 unspecified atom stereocenters. The molecule has 0 bridgehead atoms. The molecule has 1 atom stereocenters. The van der Waals surface area contributed by atoms with Gasteiger partial charge in [-0.3, -0.25) is 0 Å². The maximum Gasteiger partial charge on any atom is 0.0869 e. The zero-order valence-electron chi connectivity index (χ0n) is 3.64. The van der Waals surface area contributed by atoms with E-state index in [2.05, 4.69) is 5.87 Å². The molecule has 0 aromatic heterocycles. The third kappa shape index (κ3) is 0.820. The predicted molar refractivity (Wildman–Crippen MR) is 30.4 cm³/mol. The average molecular weight is 104 g/mol. The van der Waals surface area contributed by atoms with Crippen molar-refractivity contribution >= 4 is 16.4 Å². The maximum absolute atomic E-state index is 5.01. The van der Waals surface area contributed by atoms with Crippen molar-refractivity contribution in [2.75, 3.05) is 18.3 Å². The van der Waals surface area contributed by atoms with Gasteiger partial charge in [-0.2, -0.15) is 10.5 Å². The monoisotopic (exact) mass is 104 g/mol. The molecule has 36 valence electrons. The second-order valence-electron chi connectivity index (χ2n) is 1.34. The van der Waals surface area contributed by atoms with Crippen LogP contribution in [-0.2, 0) is 4.74 Å². The summed E-state index contributed by atoms with van der Waals surface area (Å²) >= 11 is 0. The lowest BCUT2D eigenvalue weighted by Gasteiger charge is -1.82. The highest BCUT2D eigenvalue weighted by molar-refractivity contribution is 8.14. The Morgan fingerprint density at radius 2 is 2.50 bits per heavy atom. The van der Waals surface area contributed by atoms with Crippen molar-refractivity contribution < 1.29 is 4.74 Å². The van der Waals surface area contributed by atoms with Crippen LogP contribution in [0.5, 0.6) is 0 Å². The van der Waals surface area contributed by atoms with Crippen LogP contribution < -0.4 is 0 Å². The van der Waals surface area contributed by atoms with E-state index in [0.29, 0.717) is 10.5 Å². The number of rotatable bonds is 0. The quantitative estimate of drug-likeness (QED) is 0.410. The normalized spacial score (nSPS) is 34.3. The van der Waals surface area contributed by atoms with Gasteiger partial charge in [0.2, 0.25) is 0 Å². The Morgan fingerprint density at radius 3 is 2.67 bits per heavy atom. The standard InChI is InChI=1S/C4H8OS/c1-6-3-2-5-4-6/h1-4H2. The highest BCUT2D eigenvalue weighted by Crippen LogP contribution is 2.14. The highest BCUT2D eigenvalue weighted by Gasteiger charge is 1.99. The van der Waals surface area contributed by atoms with Crippen LogP contribution in [0.1, 0.15) is 0 Å². The first-order chi connectivity index (χ1) is 2.89. The summed E-state index contributed by atoms with van der Waals surface area (Å²) < 4.78 is 5.01. The SMILES string of the molecule is C=S1CCOC1. The Morgan fingerprint density at radius 1 is 1.67 bits per heavy atom. The summed E-state index contributed by atoms with van der Waals surface area (Å²) in [7, 11) is 0.355. The maximum atomic E-state index is 5.01. The minimum Gasteiger partial charge on any atom is -0.370 e. The molecule has 0 radical (unpaired) electrons. The molecule has 2 heteroatoms. The first-order valence-electron chi connectivity index (χ1n) is 1.94. The molecule has 0 amide bonds. The minimum atomic E-state index is 0.355. The number of hydrogen-bond donors (Lipinski definition) is 0. The molecular weight excluding hydrogens is 96.1 g/mol. The third-order valence-corrected chi connectivity index (χ3v) is 2.01. The third-order valence-electron chi connectivity index (χ3n) is 0.766. The first kappa shape index (κ1) is 4.34.